The zero-order chi connectivity index (χ0) is 8.93. The van der Waals surface area contributed by atoms with E-state index in [-0.39, 0.29) is 0 Å². The quantitative estimate of drug-likeness (QED) is 0.535. The van der Waals surface area contributed by atoms with Gasteiger partial charge in [-0.25, -0.2) is 0 Å². The number of rotatable bonds is 0. The Morgan fingerprint density at radius 1 is 1.08 bits per heavy atom. The summed E-state index contributed by atoms with van der Waals surface area (Å²) in [6.45, 7) is 12.1. The number of hydrogen-bond donors (Lipinski definition) is 0. The lowest BCUT2D eigenvalue weighted by molar-refractivity contribution is -0.0687. The molecule has 0 spiro atoms. The van der Waals surface area contributed by atoms with E-state index in [2.05, 4.69) is 32.6 Å². The van der Waals surface area contributed by atoms with Crippen LogP contribution in [-0.2, 0) is 0 Å². The highest BCUT2D eigenvalue weighted by atomic mass is 15.2. The predicted molar refractivity (Wildman–Crippen MR) is 52.1 cm³/mol. The second-order valence-corrected chi connectivity index (χ2v) is 5.69. The maximum Gasteiger partial charge on any atom is 0.0125 e. The van der Waals surface area contributed by atoms with E-state index in [4.69, 9.17) is 0 Å². The van der Waals surface area contributed by atoms with Gasteiger partial charge in [-0.15, -0.1) is 0 Å². The van der Waals surface area contributed by atoms with E-state index in [1.165, 1.54) is 19.5 Å². The summed E-state index contributed by atoms with van der Waals surface area (Å²) in [5.41, 5.74) is 0.400. The molecule has 70 valence electrons. The molecule has 2 saturated heterocycles. The van der Waals surface area contributed by atoms with Crippen LogP contribution in [0.1, 0.15) is 34.1 Å². The molecule has 1 saturated carbocycles. The lowest BCUT2D eigenvalue weighted by Gasteiger charge is -2.56. The van der Waals surface area contributed by atoms with Crippen molar-refractivity contribution in [3.05, 3.63) is 0 Å². The van der Waals surface area contributed by atoms with Gasteiger partial charge in [0, 0.05) is 18.6 Å². The Bertz CT molecular complexity index is 168. The van der Waals surface area contributed by atoms with Gasteiger partial charge in [0.05, 0.1) is 0 Å². The molecule has 0 aromatic rings. The molecule has 2 bridgehead atoms. The topological polar surface area (TPSA) is 3.24 Å². The molecule has 0 aromatic carbocycles. The smallest absolute Gasteiger partial charge is 0.0125 e. The SMILES string of the molecule is CC1C2CC1CN(C(C)(C)C)C2. The Labute approximate surface area is 76.1 Å². The Hall–Kier alpha value is -0.0400. The van der Waals surface area contributed by atoms with E-state index < -0.39 is 0 Å². The minimum Gasteiger partial charge on any atom is -0.298 e. The molecule has 1 heteroatoms. The Morgan fingerprint density at radius 3 is 1.92 bits per heavy atom. The van der Waals surface area contributed by atoms with Crippen LogP contribution < -0.4 is 0 Å². The van der Waals surface area contributed by atoms with Crippen molar-refractivity contribution in [2.45, 2.75) is 39.7 Å². The molecule has 0 radical (unpaired) electrons. The lowest BCUT2D eigenvalue weighted by atomic mass is 9.62. The second-order valence-electron chi connectivity index (χ2n) is 5.69. The van der Waals surface area contributed by atoms with E-state index in [1.54, 1.807) is 0 Å². The molecule has 1 aliphatic carbocycles. The first kappa shape index (κ1) is 8.55. The molecule has 2 atom stereocenters. The van der Waals surface area contributed by atoms with Crippen molar-refractivity contribution in [2.75, 3.05) is 13.1 Å². The molecule has 12 heavy (non-hydrogen) atoms. The summed E-state index contributed by atoms with van der Waals surface area (Å²) >= 11 is 0. The van der Waals surface area contributed by atoms with Gasteiger partial charge in [0.2, 0.25) is 0 Å². The fourth-order valence-corrected chi connectivity index (χ4v) is 2.68. The third-order valence-corrected chi connectivity index (χ3v) is 3.95. The Kier molecular flexibility index (Phi) is 1.76. The maximum atomic E-state index is 2.66. The summed E-state index contributed by atoms with van der Waals surface area (Å²) in [5.74, 6) is 3.05. The summed E-state index contributed by atoms with van der Waals surface area (Å²) in [7, 11) is 0. The Balaban J connectivity index is 1.99. The summed E-state index contributed by atoms with van der Waals surface area (Å²) in [6, 6.07) is 0. The average Bonchev–Trinajstić information content (AvgIpc) is 2.02. The van der Waals surface area contributed by atoms with Crippen molar-refractivity contribution in [3.8, 4) is 0 Å². The molecule has 3 aliphatic rings. The third-order valence-electron chi connectivity index (χ3n) is 3.95. The molecule has 2 heterocycles. The van der Waals surface area contributed by atoms with Crippen LogP contribution in [0.5, 0.6) is 0 Å². The van der Waals surface area contributed by atoms with Crippen molar-refractivity contribution in [1.29, 1.82) is 0 Å². The van der Waals surface area contributed by atoms with Gasteiger partial charge in [-0.05, 0) is 44.9 Å². The second kappa shape index (κ2) is 2.47. The minimum absolute atomic E-state index is 0.400. The fourth-order valence-electron chi connectivity index (χ4n) is 2.68. The van der Waals surface area contributed by atoms with E-state index in [0.717, 1.165) is 17.8 Å². The van der Waals surface area contributed by atoms with Gasteiger partial charge >= 0.3 is 0 Å². The van der Waals surface area contributed by atoms with Crippen molar-refractivity contribution in [1.82, 2.24) is 4.90 Å². The number of fused-ring (bicyclic) bond motifs is 2. The van der Waals surface area contributed by atoms with Crippen LogP contribution in [0, 0.1) is 17.8 Å². The molecule has 3 fully saturated rings. The van der Waals surface area contributed by atoms with Crippen molar-refractivity contribution in [2.24, 2.45) is 17.8 Å². The lowest BCUT2D eigenvalue weighted by Crippen LogP contribution is -2.59. The van der Waals surface area contributed by atoms with Crippen molar-refractivity contribution < 1.29 is 0 Å². The molecular weight excluding hydrogens is 146 g/mol. The van der Waals surface area contributed by atoms with Crippen LogP contribution in [-0.4, -0.2) is 23.5 Å². The maximum absolute atomic E-state index is 2.66. The van der Waals surface area contributed by atoms with Crippen LogP contribution in [0.4, 0.5) is 0 Å². The first-order valence-corrected chi connectivity index (χ1v) is 5.23. The standard InChI is InChI=1S/C11H21N/c1-8-9-5-10(8)7-12(6-9)11(2,3)4/h8-10H,5-7H2,1-4H3. The fraction of sp³-hybridized carbons (Fsp3) is 1.00. The summed E-state index contributed by atoms with van der Waals surface area (Å²) in [4.78, 5) is 2.66. The van der Waals surface area contributed by atoms with Crippen LogP contribution in [0.25, 0.3) is 0 Å². The zero-order valence-corrected chi connectivity index (χ0v) is 8.80. The molecule has 1 nitrogen and oxygen atoms in total. The van der Waals surface area contributed by atoms with E-state index in [9.17, 15) is 0 Å². The largest absolute Gasteiger partial charge is 0.298 e. The van der Waals surface area contributed by atoms with Crippen LogP contribution in [0.3, 0.4) is 0 Å². The molecule has 3 rings (SSSR count). The van der Waals surface area contributed by atoms with E-state index in [0.29, 0.717) is 5.54 Å². The third kappa shape index (κ3) is 1.19. The number of nitrogens with zero attached hydrogens (tertiary/aromatic N) is 1. The van der Waals surface area contributed by atoms with Gasteiger partial charge in [0.1, 0.15) is 0 Å². The molecule has 0 N–H and O–H groups in total. The normalized spacial score (nSPS) is 42.5. The van der Waals surface area contributed by atoms with Crippen molar-refractivity contribution >= 4 is 0 Å². The minimum atomic E-state index is 0.400. The number of hydrogen-bond acceptors (Lipinski definition) is 1. The van der Waals surface area contributed by atoms with Crippen LogP contribution >= 0.6 is 0 Å². The Morgan fingerprint density at radius 2 is 1.58 bits per heavy atom. The summed E-state index contributed by atoms with van der Waals surface area (Å²) in [6.07, 6.45) is 1.51. The molecule has 2 unspecified atom stereocenters. The average molecular weight is 167 g/mol. The zero-order valence-electron chi connectivity index (χ0n) is 8.80. The van der Waals surface area contributed by atoms with Gasteiger partial charge < -0.3 is 0 Å². The summed E-state index contributed by atoms with van der Waals surface area (Å²) in [5, 5.41) is 0. The summed E-state index contributed by atoms with van der Waals surface area (Å²) < 4.78 is 0. The monoisotopic (exact) mass is 167 g/mol. The molecule has 2 aliphatic heterocycles. The number of piperidine rings is 2. The predicted octanol–water partition coefficient (Wildman–Crippen LogP) is 2.37. The first-order chi connectivity index (χ1) is 5.48. The van der Waals surface area contributed by atoms with Gasteiger partial charge in [-0.3, -0.25) is 4.90 Å². The highest BCUT2D eigenvalue weighted by Gasteiger charge is 2.45. The van der Waals surface area contributed by atoms with Crippen LogP contribution in [0.2, 0.25) is 0 Å². The molecular formula is C11H21N. The molecule has 0 amide bonds. The van der Waals surface area contributed by atoms with Gasteiger partial charge in [-0.2, -0.15) is 0 Å². The first-order valence-electron chi connectivity index (χ1n) is 5.23. The highest BCUT2D eigenvalue weighted by molar-refractivity contribution is 4.97. The van der Waals surface area contributed by atoms with Crippen LogP contribution in [0.15, 0.2) is 0 Å². The van der Waals surface area contributed by atoms with Crippen molar-refractivity contribution in [3.63, 3.8) is 0 Å². The highest BCUT2D eigenvalue weighted by Crippen LogP contribution is 2.46. The molecule has 0 aromatic heterocycles. The van der Waals surface area contributed by atoms with Gasteiger partial charge in [0.25, 0.3) is 0 Å². The van der Waals surface area contributed by atoms with E-state index in [1.807, 2.05) is 0 Å². The van der Waals surface area contributed by atoms with Gasteiger partial charge in [0.15, 0.2) is 0 Å². The van der Waals surface area contributed by atoms with Gasteiger partial charge in [-0.1, -0.05) is 6.92 Å². The van der Waals surface area contributed by atoms with E-state index >= 15 is 0 Å².